The summed E-state index contributed by atoms with van der Waals surface area (Å²) in [6.07, 6.45) is 6.93. The van der Waals surface area contributed by atoms with E-state index in [1.807, 2.05) is 17.2 Å². The summed E-state index contributed by atoms with van der Waals surface area (Å²) < 4.78 is 22.5. The average molecular weight is 689 g/mol. The Morgan fingerprint density at radius 3 is 2.24 bits per heavy atom. The third-order valence-electron chi connectivity index (χ3n) is 9.41. The molecular formula is C40H56N4O6. The molecule has 3 heterocycles. The number of piperazine rings is 1. The number of amides is 1. The Morgan fingerprint density at radius 2 is 1.48 bits per heavy atom. The van der Waals surface area contributed by atoms with Gasteiger partial charge in [0, 0.05) is 63.3 Å². The minimum Gasteiger partial charge on any atom is -0.394 e. The molecule has 272 valence electrons. The molecule has 2 fully saturated rings. The lowest BCUT2D eigenvalue weighted by Gasteiger charge is -2.34. The maximum atomic E-state index is 12.5. The van der Waals surface area contributed by atoms with Gasteiger partial charge in [0.15, 0.2) is 0 Å². The highest BCUT2D eigenvalue weighted by molar-refractivity contribution is 5.85. The van der Waals surface area contributed by atoms with Crippen molar-refractivity contribution in [2.45, 2.75) is 39.0 Å². The number of carbonyl (C=O) groups excluding carboxylic acids is 1. The van der Waals surface area contributed by atoms with Gasteiger partial charge in [-0.3, -0.25) is 14.7 Å². The first-order valence-corrected chi connectivity index (χ1v) is 18.4. The second-order valence-electron chi connectivity index (χ2n) is 13.1. The van der Waals surface area contributed by atoms with Crippen LogP contribution in [0.4, 0.5) is 5.69 Å². The summed E-state index contributed by atoms with van der Waals surface area (Å²) in [5.74, 6) is 0.135. The molecule has 1 N–H and O–H groups in total. The molecule has 3 aromatic rings. The van der Waals surface area contributed by atoms with Gasteiger partial charge in [0.25, 0.3) is 0 Å². The lowest BCUT2D eigenvalue weighted by Crippen LogP contribution is -2.49. The van der Waals surface area contributed by atoms with E-state index in [1.165, 1.54) is 52.8 Å². The molecule has 0 atom stereocenters. The molecule has 2 aromatic carbocycles. The van der Waals surface area contributed by atoms with Gasteiger partial charge in [-0.1, -0.05) is 30.3 Å². The molecule has 2 aliphatic rings. The van der Waals surface area contributed by atoms with E-state index in [-0.39, 0.29) is 12.5 Å². The quantitative estimate of drug-likeness (QED) is 0.167. The van der Waals surface area contributed by atoms with Gasteiger partial charge in [-0.2, -0.15) is 0 Å². The summed E-state index contributed by atoms with van der Waals surface area (Å²) in [6, 6.07) is 19.8. The summed E-state index contributed by atoms with van der Waals surface area (Å²) in [6.45, 7) is 12.3. The molecule has 5 rings (SSSR count). The van der Waals surface area contributed by atoms with Crippen molar-refractivity contribution in [1.29, 1.82) is 0 Å². The number of hydrogen-bond acceptors (Lipinski definition) is 9. The van der Waals surface area contributed by atoms with Crippen LogP contribution in [0.15, 0.2) is 60.8 Å². The van der Waals surface area contributed by atoms with Crippen LogP contribution in [-0.2, 0) is 30.2 Å². The summed E-state index contributed by atoms with van der Waals surface area (Å²) in [5, 5.41) is 8.79. The smallest absolute Gasteiger partial charge is 0.224 e. The standard InChI is InChI=1S/C40H56N4O6/c1-33-10-13-41-39(30-33)38-32-36(43-14-3-2-4-15-43)8-9-37(38)35-7-5-6-34(31-35)11-22-47-26-28-50-29-27-48-23-12-40(46)44-18-16-42(17-19-44)20-24-49-25-21-45/h5-10,13,30-32,45H,2-4,11-12,14-29H2,1H3. The molecule has 1 aromatic heterocycles. The molecule has 10 heteroatoms. The van der Waals surface area contributed by atoms with Gasteiger partial charge in [-0.15, -0.1) is 0 Å². The predicted molar refractivity (Wildman–Crippen MR) is 198 cm³/mol. The normalized spacial score (nSPS) is 15.5. The van der Waals surface area contributed by atoms with Crippen molar-refractivity contribution >= 4 is 11.6 Å². The largest absolute Gasteiger partial charge is 0.394 e. The van der Waals surface area contributed by atoms with Crippen molar-refractivity contribution < 1.29 is 28.8 Å². The number of aliphatic hydroxyl groups is 1. The SMILES string of the molecule is Cc1ccnc(-c2cc(N3CCCCC3)ccc2-c2cccc(CCOCCOCCOCCC(=O)N3CCN(CCOCCO)CC3)c2)c1. The number of pyridine rings is 1. The van der Waals surface area contributed by atoms with Crippen LogP contribution in [-0.4, -0.2) is 131 Å². The Kier molecular flexibility index (Phi) is 16.0. The summed E-state index contributed by atoms with van der Waals surface area (Å²) in [5.41, 5.74) is 8.29. The Morgan fingerprint density at radius 1 is 0.740 bits per heavy atom. The Hall–Kier alpha value is -3.38. The fourth-order valence-electron chi connectivity index (χ4n) is 6.55. The van der Waals surface area contributed by atoms with Gasteiger partial charge in [0.05, 0.1) is 71.6 Å². The number of benzene rings is 2. The second-order valence-corrected chi connectivity index (χ2v) is 13.1. The minimum atomic E-state index is 0.0481. The van der Waals surface area contributed by atoms with E-state index in [4.69, 9.17) is 29.0 Å². The number of piperidine rings is 1. The van der Waals surface area contributed by atoms with Crippen LogP contribution >= 0.6 is 0 Å². The van der Waals surface area contributed by atoms with Crippen LogP contribution in [0.25, 0.3) is 22.4 Å². The predicted octanol–water partition coefficient (Wildman–Crippen LogP) is 4.85. The van der Waals surface area contributed by atoms with Crippen molar-refractivity contribution in [1.82, 2.24) is 14.8 Å². The zero-order chi connectivity index (χ0) is 34.8. The zero-order valence-corrected chi connectivity index (χ0v) is 29.9. The number of hydrogen-bond donors (Lipinski definition) is 1. The molecule has 0 radical (unpaired) electrons. The van der Waals surface area contributed by atoms with Crippen molar-refractivity contribution in [2.75, 3.05) is 110 Å². The number of carbonyl (C=O) groups is 1. The average Bonchev–Trinajstić information content (AvgIpc) is 3.16. The van der Waals surface area contributed by atoms with E-state index >= 15 is 0 Å². The fourth-order valence-corrected chi connectivity index (χ4v) is 6.55. The van der Waals surface area contributed by atoms with Crippen molar-refractivity contribution in [3.05, 3.63) is 71.9 Å². The van der Waals surface area contributed by atoms with Crippen molar-refractivity contribution in [2.24, 2.45) is 0 Å². The van der Waals surface area contributed by atoms with E-state index in [9.17, 15) is 4.79 Å². The summed E-state index contributed by atoms with van der Waals surface area (Å²) in [7, 11) is 0. The fraction of sp³-hybridized carbons (Fsp3) is 0.550. The van der Waals surface area contributed by atoms with E-state index < -0.39 is 0 Å². The number of nitrogens with zero attached hydrogens (tertiary/aromatic N) is 4. The van der Waals surface area contributed by atoms with E-state index in [0.717, 1.165) is 57.9 Å². The molecule has 0 spiro atoms. The number of aliphatic hydroxyl groups excluding tert-OH is 1. The van der Waals surface area contributed by atoms with Crippen molar-refractivity contribution in [3.8, 4) is 22.4 Å². The molecule has 0 unspecified atom stereocenters. The zero-order valence-electron chi connectivity index (χ0n) is 29.9. The van der Waals surface area contributed by atoms with Gasteiger partial charge >= 0.3 is 0 Å². The second kappa shape index (κ2) is 21.1. The Labute approximate surface area is 298 Å². The van der Waals surface area contributed by atoms with Gasteiger partial charge in [0.2, 0.25) is 5.91 Å². The van der Waals surface area contributed by atoms with Crippen LogP contribution in [0.2, 0.25) is 0 Å². The molecule has 0 bridgehead atoms. The van der Waals surface area contributed by atoms with Crippen LogP contribution < -0.4 is 4.90 Å². The topological polar surface area (TPSA) is 96.8 Å². The molecule has 2 aliphatic heterocycles. The summed E-state index contributed by atoms with van der Waals surface area (Å²) >= 11 is 0. The van der Waals surface area contributed by atoms with Crippen LogP contribution in [0.1, 0.15) is 36.8 Å². The first kappa shape index (κ1) is 37.9. The van der Waals surface area contributed by atoms with Gasteiger partial charge in [-0.25, -0.2) is 0 Å². The van der Waals surface area contributed by atoms with Crippen LogP contribution in [0.5, 0.6) is 0 Å². The van der Waals surface area contributed by atoms with E-state index in [1.54, 1.807) is 0 Å². The lowest BCUT2D eigenvalue weighted by molar-refractivity contribution is -0.134. The monoisotopic (exact) mass is 688 g/mol. The first-order valence-electron chi connectivity index (χ1n) is 18.4. The molecule has 50 heavy (non-hydrogen) atoms. The number of anilines is 1. The van der Waals surface area contributed by atoms with Crippen molar-refractivity contribution in [3.63, 3.8) is 0 Å². The molecule has 2 saturated heterocycles. The highest BCUT2D eigenvalue weighted by Crippen LogP contribution is 2.36. The van der Waals surface area contributed by atoms with E-state index in [0.29, 0.717) is 59.3 Å². The number of rotatable bonds is 20. The highest BCUT2D eigenvalue weighted by Gasteiger charge is 2.20. The van der Waals surface area contributed by atoms with Crippen LogP contribution in [0, 0.1) is 6.92 Å². The highest BCUT2D eigenvalue weighted by atomic mass is 16.5. The third kappa shape index (κ3) is 12.1. The lowest BCUT2D eigenvalue weighted by atomic mass is 9.94. The number of ether oxygens (including phenoxy) is 4. The first-order chi connectivity index (χ1) is 24.6. The van der Waals surface area contributed by atoms with Gasteiger partial charge in [-0.05, 0) is 79.1 Å². The Balaban J connectivity index is 0.969. The van der Waals surface area contributed by atoms with Crippen LogP contribution in [0.3, 0.4) is 0 Å². The maximum Gasteiger partial charge on any atom is 0.224 e. The molecule has 10 nitrogen and oxygen atoms in total. The van der Waals surface area contributed by atoms with E-state index in [2.05, 4.69) is 65.3 Å². The molecular weight excluding hydrogens is 632 g/mol. The molecule has 0 aliphatic carbocycles. The third-order valence-corrected chi connectivity index (χ3v) is 9.41. The number of aromatic nitrogens is 1. The van der Waals surface area contributed by atoms with Gasteiger partial charge < -0.3 is 33.9 Å². The number of aryl methyl sites for hydroxylation is 1. The Bertz CT molecular complexity index is 1440. The molecule has 0 saturated carbocycles. The molecule has 1 amide bonds. The minimum absolute atomic E-state index is 0.0481. The maximum absolute atomic E-state index is 12.5. The summed E-state index contributed by atoms with van der Waals surface area (Å²) in [4.78, 5) is 24.0. The van der Waals surface area contributed by atoms with Gasteiger partial charge in [0.1, 0.15) is 0 Å².